The van der Waals surface area contributed by atoms with Gasteiger partial charge in [0.2, 0.25) is 5.91 Å². The molecule has 2 aliphatic heterocycles. The average Bonchev–Trinajstić information content (AvgIpc) is 2.61. The number of ketones is 1. The third-order valence-electron chi connectivity index (χ3n) is 6.23. The number of hydrogen-bond acceptors (Lipinski definition) is 5. The van der Waals surface area contributed by atoms with Crippen molar-refractivity contribution in [1.29, 1.82) is 0 Å². The number of Topliss-reactive ketones (excluding diaryl/α,β-unsaturated/α-hetero) is 1. The van der Waals surface area contributed by atoms with E-state index in [0.717, 1.165) is 0 Å². The monoisotopic (exact) mass is 438 g/mol. The van der Waals surface area contributed by atoms with Gasteiger partial charge in [0.05, 0.1) is 12.0 Å². The number of amides is 2. The third kappa shape index (κ3) is 5.94. The molecule has 170 valence electrons. The van der Waals surface area contributed by atoms with Crippen molar-refractivity contribution >= 4 is 26.8 Å². The molecule has 0 aromatic rings. The fourth-order valence-corrected chi connectivity index (χ4v) is 4.81. The first-order valence-corrected chi connectivity index (χ1v) is 13.7. The smallest absolute Gasteiger partial charge is 0.410 e. The summed E-state index contributed by atoms with van der Waals surface area (Å²) >= 11 is 0. The van der Waals surface area contributed by atoms with Gasteiger partial charge in [-0.05, 0) is 24.4 Å². The van der Waals surface area contributed by atoms with Crippen molar-refractivity contribution in [1.82, 2.24) is 10.2 Å². The Bertz CT molecular complexity index is 654. The van der Waals surface area contributed by atoms with E-state index in [-0.39, 0.29) is 59.5 Å². The lowest BCUT2D eigenvalue weighted by Gasteiger charge is -2.48. The molecule has 7 nitrogen and oxygen atoms in total. The first kappa shape index (κ1) is 24.6. The molecule has 0 radical (unpaired) electrons. The van der Waals surface area contributed by atoms with Crippen LogP contribution in [0.3, 0.4) is 0 Å². The molecule has 2 rings (SSSR count). The van der Waals surface area contributed by atoms with Crippen LogP contribution in [0.15, 0.2) is 12.7 Å². The van der Waals surface area contributed by atoms with Crippen LogP contribution in [-0.2, 0) is 18.8 Å². The molecular weight excluding hydrogens is 400 g/mol. The summed E-state index contributed by atoms with van der Waals surface area (Å²) in [5, 5.41) is 2.98. The molecule has 0 aromatic heterocycles. The van der Waals surface area contributed by atoms with E-state index in [2.05, 4.69) is 45.8 Å². The summed E-state index contributed by atoms with van der Waals surface area (Å²) in [6.07, 6.45) is 1.59. The Morgan fingerprint density at radius 1 is 1.33 bits per heavy atom. The van der Waals surface area contributed by atoms with Crippen LogP contribution >= 0.6 is 0 Å². The molecule has 8 heteroatoms. The predicted octanol–water partition coefficient (Wildman–Crippen LogP) is 2.61. The van der Waals surface area contributed by atoms with Gasteiger partial charge >= 0.3 is 6.09 Å². The van der Waals surface area contributed by atoms with Gasteiger partial charge in [0.1, 0.15) is 12.4 Å². The van der Waals surface area contributed by atoms with Crippen molar-refractivity contribution in [3.05, 3.63) is 12.7 Å². The zero-order chi connectivity index (χ0) is 22.6. The molecule has 0 aromatic carbocycles. The van der Waals surface area contributed by atoms with Crippen LogP contribution in [0.5, 0.6) is 0 Å². The molecule has 0 bridgehead atoms. The summed E-state index contributed by atoms with van der Waals surface area (Å²) in [5.41, 5.74) is -0.0903. The second-order valence-electron chi connectivity index (χ2n) is 10.0. The van der Waals surface area contributed by atoms with Gasteiger partial charge in [-0.15, -0.1) is 0 Å². The van der Waals surface area contributed by atoms with Crippen molar-refractivity contribution in [2.45, 2.75) is 53.3 Å². The summed E-state index contributed by atoms with van der Waals surface area (Å²) in [5.74, 6) is -0.0762. The Kier molecular flexibility index (Phi) is 8.27. The van der Waals surface area contributed by atoms with Gasteiger partial charge in [-0.3, -0.25) is 9.59 Å². The van der Waals surface area contributed by atoms with E-state index in [1.807, 2.05) is 6.92 Å². The van der Waals surface area contributed by atoms with Gasteiger partial charge in [-0.1, -0.05) is 40.3 Å². The molecule has 2 heterocycles. The maximum absolute atomic E-state index is 12.9. The van der Waals surface area contributed by atoms with E-state index in [1.165, 1.54) is 6.08 Å². The van der Waals surface area contributed by atoms with Crippen LogP contribution < -0.4 is 5.32 Å². The lowest BCUT2D eigenvalue weighted by molar-refractivity contribution is -0.146. The Balaban J connectivity index is 1.91. The summed E-state index contributed by atoms with van der Waals surface area (Å²) < 4.78 is 11.0. The second-order valence-corrected chi connectivity index (χ2v) is 12.4. The largest absolute Gasteiger partial charge is 0.445 e. The fourth-order valence-electron chi connectivity index (χ4n) is 4.21. The lowest BCUT2D eigenvalue weighted by Crippen LogP contribution is -2.66. The molecule has 2 aliphatic rings. The van der Waals surface area contributed by atoms with Crippen LogP contribution in [0.2, 0.25) is 13.1 Å². The van der Waals surface area contributed by atoms with E-state index >= 15 is 0 Å². The van der Waals surface area contributed by atoms with Gasteiger partial charge in [-0.25, -0.2) is 4.79 Å². The normalized spacial score (nSPS) is 23.8. The van der Waals surface area contributed by atoms with Crippen molar-refractivity contribution in [3.63, 3.8) is 0 Å². The summed E-state index contributed by atoms with van der Waals surface area (Å²) in [7, 11) is -1.20. The number of ether oxygens (including phenoxy) is 1. The Labute approximate surface area is 182 Å². The number of likely N-dealkylation sites (tertiary alicyclic amines) is 1. The molecular formula is C22H38N2O5Si. The van der Waals surface area contributed by atoms with Crippen LogP contribution in [0.1, 0.15) is 34.1 Å². The number of nitrogens with one attached hydrogen (secondary N) is 1. The Morgan fingerprint density at radius 2 is 1.97 bits per heavy atom. The summed E-state index contributed by atoms with van der Waals surface area (Å²) in [4.78, 5) is 38.7. The molecule has 2 amide bonds. The lowest BCUT2D eigenvalue weighted by atomic mass is 9.64. The molecule has 1 N–H and O–H groups in total. The topological polar surface area (TPSA) is 84.9 Å². The molecule has 30 heavy (non-hydrogen) atoms. The highest BCUT2D eigenvalue weighted by atomic mass is 28.3. The van der Waals surface area contributed by atoms with Gasteiger partial charge in [0.25, 0.3) is 0 Å². The minimum absolute atomic E-state index is 0.0216. The van der Waals surface area contributed by atoms with Crippen LogP contribution in [0.4, 0.5) is 4.79 Å². The first-order valence-electron chi connectivity index (χ1n) is 10.9. The fraction of sp³-hybridized carbons (Fsp3) is 0.773. The van der Waals surface area contributed by atoms with Crippen LogP contribution in [0, 0.1) is 29.1 Å². The zero-order valence-corrected chi connectivity index (χ0v) is 20.4. The molecule has 1 unspecified atom stereocenters. The van der Waals surface area contributed by atoms with Gasteiger partial charge < -0.3 is 19.4 Å². The minimum Gasteiger partial charge on any atom is -0.445 e. The van der Waals surface area contributed by atoms with Gasteiger partial charge in [0.15, 0.2) is 9.04 Å². The molecule has 4 atom stereocenters. The molecule has 0 saturated carbocycles. The third-order valence-corrected chi connectivity index (χ3v) is 7.09. The van der Waals surface area contributed by atoms with E-state index in [4.69, 9.17) is 9.16 Å². The van der Waals surface area contributed by atoms with E-state index in [1.54, 1.807) is 4.90 Å². The number of hydrogen-bond donors (Lipinski definition) is 1. The predicted molar refractivity (Wildman–Crippen MR) is 119 cm³/mol. The van der Waals surface area contributed by atoms with Crippen molar-refractivity contribution < 1.29 is 23.5 Å². The highest BCUT2D eigenvalue weighted by Crippen LogP contribution is 2.40. The SMILES string of the molecule is C=CCOC(=O)N1CC(CC(=O)C(C)[C@H]2NC(=O)[C@H]2[C@@H](CO[SiH](C)C)C(C)(C)C)C1. The maximum atomic E-state index is 12.9. The first-order chi connectivity index (χ1) is 14.0. The second kappa shape index (κ2) is 10.1. The standard InChI is InChI=1S/C22H38N2O5Si/c1-8-9-28-21(27)24-11-15(12-24)10-17(25)14(2)19-18(20(26)23-19)16(22(3,4)5)13-29-30(6)7/h8,14-16,18-19,30H,1,9-13H2,2-7H3,(H,23,26)/t14?,16-,18+,19-/m1/s1. The van der Waals surface area contributed by atoms with Gasteiger partial charge in [0, 0.05) is 38.0 Å². The van der Waals surface area contributed by atoms with E-state index in [9.17, 15) is 14.4 Å². The number of rotatable bonds is 10. The Hall–Kier alpha value is -1.67. The number of carbonyl (C=O) groups is 3. The molecule has 2 saturated heterocycles. The summed E-state index contributed by atoms with van der Waals surface area (Å²) in [6.45, 7) is 17.9. The highest BCUT2D eigenvalue weighted by Gasteiger charge is 2.51. The Morgan fingerprint density at radius 3 is 2.47 bits per heavy atom. The van der Waals surface area contributed by atoms with Crippen molar-refractivity contribution in [2.24, 2.45) is 29.1 Å². The van der Waals surface area contributed by atoms with E-state index < -0.39 is 9.04 Å². The maximum Gasteiger partial charge on any atom is 0.410 e. The van der Waals surface area contributed by atoms with E-state index in [0.29, 0.717) is 26.1 Å². The molecule has 0 spiro atoms. The summed E-state index contributed by atoms with van der Waals surface area (Å²) in [6, 6.07) is -0.152. The minimum atomic E-state index is -1.20. The van der Waals surface area contributed by atoms with Crippen molar-refractivity contribution in [3.8, 4) is 0 Å². The highest BCUT2D eigenvalue weighted by molar-refractivity contribution is 6.48. The van der Waals surface area contributed by atoms with Gasteiger partial charge in [-0.2, -0.15) is 0 Å². The number of β-lactam (4-membered cyclic amide) rings is 1. The molecule has 0 aliphatic carbocycles. The molecule has 2 fully saturated rings. The quantitative estimate of drug-likeness (QED) is 0.322. The number of carbonyl (C=O) groups excluding carboxylic acids is 3. The van der Waals surface area contributed by atoms with Crippen molar-refractivity contribution in [2.75, 3.05) is 26.3 Å². The van der Waals surface area contributed by atoms with Crippen LogP contribution in [-0.4, -0.2) is 64.1 Å². The number of nitrogens with zero attached hydrogens (tertiary/aromatic N) is 1. The van der Waals surface area contributed by atoms with Crippen LogP contribution in [0.25, 0.3) is 0 Å². The average molecular weight is 439 g/mol. The zero-order valence-electron chi connectivity index (χ0n) is 19.3.